The van der Waals surface area contributed by atoms with Crippen molar-refractivity contribution in [3.63, 3.8) is 0 Å². The third-order valence-electron chi connectivity index (χ3n) is 4.91. The Hall–Kier alpha value is -2.28. The number of nitrogens with two attached hydrogens (primary N) is 1. The Kier molecular flexibility index (Phi) is 4.89. The fourth-order valence-corrected chi connectivity index (χ4v) is 3.76. The minimum absolute atomic E-state index is 0.0259. The highest BCUT2D eigenvalue weighted by Crippen LogP contribution is 2.34. The summed E-state index contributed by atoms with van der Waals surface area (Å²) in [6.45, 7) is 0. The van der Waals surface area contributed by atoms with E-state index in [0.717, 1.165) is 12.8 Å². The van der Waals surface area contributed by atoms with Crippen LogP contribution in [-0.2, 0) is 4.79 Å². The number of carbonyl (C=O) groups is 2. The number of rotatable bonds is 4. The van der Waals surface area contributed by atoms with E-state index >= 15 is 0 Å². The van der Waals surface area contributed by atoms with Crippen LogP contribution in [0.3, 0.4) is 0 Å². The summed E-state index contributed by atoms with van der Waals surface area (Å²) in [4.78, 5) is 23.5. The molecule has 1 aromatic carbocycles. The van der Waals surface area contributed by atoms with E-state index in [2.05, 4.69) is 16.0 Å². The molecule has 0 bridgehead atoms. The molecule has 1 aliphatic carbocycles. The number of ether oxygens (including phenoxy) is 1. The largest absolute Gasteiger partial charge is 0.494 e. The molecule has 7 heteroatoms. The maximum absolute atomic E-state index is 12.5. The van der Waals surface area contributed by atoms with Gasteiger partial charge in [-0.1, -0.05) is 12.8 Å². The highest BCUT2D eigenvalue weighted by atomic mass is 16.5. The Morgan fingerprint density at radius 3 is 2.75 bits per heavy atom. The number of methoxy groups -OCH3 is 1. The molecule has 3 unspecified atom stereocenters. The summed E-state index contributed by atoms with van der Waals surface area (Å²) in [5, 5.41) is 8.87. The van der Waals surface area contributed by atoms with Gasteiger partial charge in [0.05, 0.1) is 18.8 Å². The molecule has 1 aromatic rings. The monoisotopic (exact) mass is 332 g/mol. The summed E-state index contributed by atoms with van der Waals surface area (Å²) in [7, 11) is 1.50. The number of anilines is 2. The van der Waals surface area contributed by atoms with Crippen molar-refractivity contribution in [2.75, 3.05) is 17.7 Å². The first kappa shape index (κ1) is 16.6. The molecule has 7 nitrogen and oxygen atoms in total. The van der Waals surface area contributed by atoms with Gasteiger partial charge in [0.2, 0.25) is 5.91 Å². The van der Waals surface area contributed by atoms with Crippen LogP contribution in [0.15, 0.2) is 18.2 Å². The van der Waals surface area contributed by atoms with Crippen molar-refractivity contribution in [2.24, 2.45) is 11.7 Å². The first-order valence-corrected chi connectivity index (χ1v) is 8.38. The summed E-state index contributed by atoms with van der Waals surface area (Å²) in [5.74, 6) is 1.04. The Morgan fingerprint density at radius 2 is 2.04 bits per heavy atom. The van der Waals surface area contributed by atoms with Crippen LogP contribution in [0.1, 0.15) is 32.1 Å². The van der Waals surface area contributed by atoms with E-state index in [1.165, 1.54) is 26.4 Å². The standard InChI is InChI=1S/C17H24N4O3/c1-24-15-9-11(6-7-13(15)21-17(18)23)19-16(22)14-8-10-4-2-3-5-12(10)20-14/h6-7,9-10,12,14,20H,2-5,8H2,1H3,(H,19,22)(H3,18,21,23). The summed E-state index contributed by atoms with van der Waals surface area (Å²) in [6.07, 6.45) is 5.78. The highest BCUT2D eigenvalue weighted by molar-refractivity contribution is 5.96. The van der Waals surface area contributed by atoms with E-state index in [-0.39, 0.29) is 11.9 Å². The summed E-state index contributed by atoms with van der Waals surface area (Å²) in [5.41, 5.74) is 6.22. The van der Waals surface area contributed by atoms with Gasteiger partial charge < -0.3 is 26.4 Å². The topological polar surface area (TPSA) is 105 Å². The quantitative estimate of drug-likeness (QED) is 0.677. The number of amides is 3. The predicted octanol–water partition coefficient (Wildman–Crippen LogP) is 2.04. The van der Waals surface area contributed by atoms with Gasteiger partial charge in [-0.05, 0) is 37.3 Å². The fourth-order valence-electron chi connectivity index (χ4n) is 3.76. The van der Waals surface area contributed by atoms with Crippen molar-refractivity contribution >= 4 is 23.3 Å². The third-order valence-corrected chi connectivity index (χ3v) is 4.91. The minimum Gasteiger partial charge on any atom is -0.494 e. The van der Waals surface area contributed by atoms with Crippen LogP contribution in [0.2, 0.25) is 0 Å². The maximum Gasteiger partial charge on any atom is 0.316 e. The summed E-state index contributed by atoms with van der Waals surface area (Å²) >= 11 is 0. The average molecular weight is 332 g/mol. The lowest BCUT2D eigenvalue weighted by Crippen LogP contribution is -2.39. The number of carbonyl (C=O) groups excluding carboxylic acids is 2. The van der Waals surface area contributed by atoms with Crippen LogP contribution in [0, 0.1) is 5.92 Å². The second kappa shape index (κ2) is 7.09. The summed E-state index contributed by atoms with van der Waals surface area (Å²) < 4.78 is 5.23. The predicted molar refractivity (Wildman–Crippen MR) is 92.1 cm³/mol. The van der Waals surface area contributed by atoms with Gasteiger partial charge in [-0.3, -0.25) is 4.79 Å². The highest BCUT2D eigenvalue weighted by Gasteiger charge is 2.38. The number of fused-ring (bicyclic) bond motifs is 1. The molecule has 3 rings (SSSR count). The zero-order chi connectivity index (χ0) is 17.1. The van der Waals surface area contributed by atoms with Crippen molar-refractivity contribution in [1.29, 1.82) is 0 Å². The van der Waals surface area contributed by atoms with Crippen LogP contribution in [0.25, 0.3) is 0 Å². The van der Waals surface area contributed by atoms with E-state index < -0.39 is 6.03 Å². The molecule has 5 N–H and O–H groups in total. The molecule has 130 valence electrons. The van der Waals surface area contributed by atoms with E-state index in [9.17, 15) is 9.59 Å². The molecule has 0 radical (unpaired) electrons. The van der Waals surface area contributed by atoms with Crippen molar-refractivity contribution in [1.82, 2.24) is 5.32 Å². The van der Waals surface area contributed by atoms with Gasteiger partial charge in [0.25, 0.3) is 0 Å². The number of hydrogen-bond donors (Lipinski definition) is 4. The molecular weight excluding hydrogens is 308 g/mol. The van der Waals surface area contributed by atoms with Crippen LogP contribution in [0.5, 0.6) is 5.75 Å². The number of nitrogens with one attached hydrogen (secondary N) is 3. The first-order valence-electron chi connectivity index (χ1n) is 8.38. The molecule has 1 heterocycles. The summed E-state index contributed by atoms with van der Waals surface area (Å²) in [6, 6.07) is 4.71. The Morgan fingerprint density at radius 1 is 1.25 bits per heavy atom. The zero-order valence-corrected chi connectivity index (χ0v) is 13.8. The van der Waals surface area contributed by atoms with E-state index in [1.54, 1.807) is 18.2 Å². The van der Waals surface area contributed by atoms with E-state index in [4.69, 9.17) is 10.5 Å². The number of urea groups is 1. The lowest BCUT2D eigenvalue weighted by molar-refractivity contribution is -0.117. The lowest BCUT2D eigenvalue weighted by atomic mass is 9.85. The Labute approximate surface area is 141 Å². The molecule has 3 amide bonds. The molecule has 1 saturated heterocycles. The van der Waals surface area contributed by atoms with Gasteiger partial charge in [-0.2, -0.15) is 0 Å². The van der Waals surface area contributed by atoms with Crippen molar-refractivity contribution in [3.05, 3.63) is 18.2 Å². The Balaban J connectivity index is 1.65. The van der Waals surface area contributed by atoms with E-state index in [0.29, 0.717) is 29.1 Å². The molecule has 0 spiro atoms. The van der Waals surface area contributed by atoms with Gasteiger partial charge in [-0.15, -0.1) is 0 Å². The average Bonchev–Trinajstić information content (AvgIpc) is 3.00. The molecular formula is C17H24N4O3. The van der Waals surface area contributed by atoms with Crippen LogP contribution in [-0.4, -0.2) is 31.1 Å². The second-order valence-corrected chi connectivity index (χ2v) is 6.50. The van der Waals surface area contributed by atoms with Crippen LogP contribution < -0.4 is 26.4 Å². The zero-order valence-electron chi connectivity index (χ0n) is 13.8. The van der Waals surface area contributed by atoms with Gasteiger partial charge in [-0.25, -0.2) is 4.79 Å². The minimum atomic E-state index is -0.664. The molecule has 24 heavy (non-hydrogen) atoms. The van der Waals surface area contributed by atoms with Crippen molar-refractivity contribution < 1.29 is 14.3 Å². The molecule has 1 saturated carbocycles. The third kappa shape index (κ3) is 3.62. The second-order valence-electron chi connectivity index (χ2n) is 6.50. The SMILES string of the molecule is COc1cc(NC(=O)C2CC3CCCCC3N2)ccc1NC(N)=O. The Bertz CT molecular complexity index is 620. The fraction of sp³-hybridized carbons (Fsp3) is 0.529. The molecule has 2 aliphatic rings. The lowest BCUT2D eigenvalue weighted by Gasteiger charge is -2.24. The van der Waals surface area contributed by atoms with Gasteiger partial charge >= 0.3 is 6.03 Å². The normalized spacial score (nSPS) is 25.6. The van der Waals surface area contributed by atoms with Crippen molar-refractivity contribution in [3.8, 4) is 5.75 Å². The number of hydrogen-bond acceptors (Lipinski definition) is 4. The van der Waals surface area contributed by atoms with Crippen LogP contribution >= 0.6 is 0 Å². The first-order chi connectivity index (χ1) is 11.6. The molecule has 2 fully saturated rings. The van der Waals surface area contributed by atoms with Gasteiger partial charge in [0, 0.05) is 17.8 Å². The van der Waals surface area contributed by atoms with Crippen molar-refractivity contribution in [2.45, 2.75) is 44.2 Å². The number of benzene rings is 1. The maximum atomic E-state index is 12.5. The number of primary amides is 1. The smallest absolute Gasteiger partial charge is 0.316 e. The molecule has 0 aromatic heterocycles. The van der Waals surface area contributed by atoms with Crippen LogP contribution in [0.4, 0.5) is 16.2 Å². The van der Waals surface area contributed by atoms with Gasteiger partial charge in [0.15, 0.2) is 0 Å². The molecule has 3 atom stereocenters. The van der Waals surface area contributed by atoms with E-state index in [1.807, 2.05) is 0 Å². The van der Waals surface area contributed by atoms with Gasteiger partial charge in [0.1, 0.15) is 5.75 Å². The molecule has 1 aliphatic heterocycles.